The van der Waals surface area contributed by atoms with Gasteiger partial charge in [-0.15, -0.1) is 0 Å². The van der Waals surface area contributed by atoms with Crippen LogP contribution in [0.5, 0.6) is 5.75 Å². The zero-order chi connectivity index (χ0) is 33.0. The number of amides is 5. The van der Waals surface area contributed by atoms with Crippen molar-refractivity contribution < 1.29 is 47.6 Å². The lowest BCUT2D eigenvalue weighted by atomic mass is 9.96. The van der Waals surface area contributed by atoms with Crippen molar-refractivity contribution in [3.05, 3.63) is 59.7 Å². The number of ether oxygens (including phenoxy) is 1. The standard InChI is InChI=1S/C27H37N6O10P/c1-3-15(2)23(26(37)31-20(24(30)35)13-22(29)34)33-25(36)21(12-16-7-9-19(10-8-16)43-44(39,40)41)32-27(38)42-14-17-5-4-6-18(28)11-17/h4-11,15,20-21,23H,3,12-14,28H2,1-2H3,(H2,29,34)(H2,30,35)(H,31,37)(H,32,38)(H,33,36)(H2,39,40,41)/t15-,20-,21-,23-/m0/s1. The van der Waals surface area contributed by atoms with Crippen molar-refractivity contribution in [1.29, 1.82) is 0 Å². The summed E-state index contributed by atoms with van der Waals surface area (Å²) in [6.07, 6.45) is -1.24. The van der Waals surface area contributed by atoms with Crippen molar-refractivity contribution in [3.8, 4) is 5.75 Å². The van der Waals surface area contributed by atoms with Crippen molar-refractivity contribution >= 4 is 43.2 Å². The number of carbonyl (C=O) groups is 5. The number of phosphoric acid groups is 1. The van der Waals surface area contributed by atoms with Crippen LogP contribution in [-0.2, 0) is 41.5 Å². The topological polar surface area (TPSA) is 275 Å². The molecule has 2 rings (SSSR count). The normalized spacial score (nSPS) is 13.8. The average Bonchev–Trinajstić information content (AvgIpc) is 2.93. The van der Waals surface area contributed by atoms with Crippen LogP contribution in [0.2, 0.25) is 0 Å². The highest BCUT2D eigenvalue weighted by atomic mass is 31.2. The zero-order valence-electron chi connectivity index (χ0n) is 24.1. The second-order valence-corrected chi connectivity index (χ2v) is 11.1. The van der Waals surface area contributed by atoms with Crippen LogP contribution in [0.3, 0.4) is 0 Å². The number of primary amides is 2. The van der Waals surface area contributed by atoms with Crippen LogP contribution in [0.1, 0.15) is 37.8 Å². The molecule has 2 aromatic rings. The molecule has 16 nitrogen and oxygen atoms in total. The number of nitrogen functional groups attached to an aromatic ring is 1. The summed E-state index contributed by atoms with van der Waals surface area (Å²) in [7, 11) is -4.80. The molecule has 0 aliphatic rings. The summed E-state index contributed by atoms with van der Waals surface area (Å²) in [5, 5.41) is 7.38. The van der Waals surface area contributed by atoms with E-state index in [0.29, 0.717) is 23.2 Å². The van der Waals surface area contributed by atoms with Gasteiger partial charge in [0, 0.05) is 12.1 Å². The first-order valence-corrected chi connectivity index (χ1v) is 14.9. The molecule has 17 heteroatoms. The molecule has 0 aromatic heterocycles. The Hall–Kier alpha value is -4.66. The fraction of sp³-hybridized carbons (Fsp3) is 0.370. The molecule has 0 unspecified atom stereocenters. The van der Waals surface area contributed by atoms with Crippen molar-refractivity contribution in [1.82, 2.24) is 16.0 Å². The van der Waals surface area contributed by atoms with Gasteiger partial charge in [-0.2, -0.15) is 0 Å². The van der Waals surface area contributed by atoms with Crippen molar-refractivity contribution in [3.63, 3.8) is 0 Å². The second-order valence-electron chi connectivity index (χ2n) is 9.95. The first-order valence-electron chi connectivity index (χ1n) is 13.4. The molecular weight excluding hydrogens is 599 g/mol. The second kappa shape index (κ2) is 16.3. The summed E-state index contributed by atoms with van der Waals surface area (Å²) in [4.78, 5) is 80.5. The number of hydrogen-bond acceptors (Lipinski definition) is 9. The number of benzene rings is 2. The number of nitrogens with one attached hydrogen (secondary N) is 3. The summed E-state index contributed by atoms with van der Waals surface area (Å²) in [5.41, 5.74) is 17.7. The Kier molecular flexibility index (Phi) is 13.1. The third-order valence-electron chi connectivity index (χ3n) is 6.38. The Labute approximate surface area is 253 Å². The first kappa shape index (κ1) is 35.5. The molecule has 44 heavy (non-hydrogen) atoms. The molecule has 0 fully saturated rings. The van der Waals surface area contributed by atoms with E-state index in [0.717, 1.165) is 0 Å². The van der Waals surface area contributed by atoms with Crippen molar-refractivity contribution in [2.24, 2.45) is 17.4 Å². The SMILES string of the molecule is CC[C@H](C)[C@H](NC(=O)[C@H](Cc1ccc(OP(=O)(O)O)cc1)NC(=O)OCc1cccc(N)c1)C(=O)N[C@@H](CC(N)=O)C(N)=O. The number of phosphoric ester groups is 1. The lowest BCUT2D eigenvalue weighted by molar-refractivity contribution is -0.134. The minimum Gasteiger partial charge on any atom is -0.445 e. The number of nitrogens with two attached hydrogens (primary N) is 3. The van der Waals surface area contributed by atoms with Gasteiger partial charge in [0.25, 0.3) is 0 Å². The van der Waals surface area contributed by atoms with Crippen LogP contribution < -0.4 is 37.7 Å². The maximum atomic E-state index is 13.5. The van der Waals surface area contributed by atoms with E-state index in [-0.39, 0.29) is 18.8 Å². The molecular formula is C27H37N6O10P. The smallest absolute Gasteiger partial charge is 0.445 e. The van der Waals surface area contributed by atoms with Gasteiger partial charge in [0.15, 0.2) is 0 Å². The number of alkyl carbamates (subject to hydrolysis) is 1. The Morgan fingerprint density at radius 2 is 1.57 bits per heavy atom. The average molecular weight is 637 g/mol. The van der Waals surface area contributed by atoms with Gasteiger partial charge in [0.1, 0.15) is 30.5 Å². The summed E-state index contributed by atoms with van der Waals surface area (Å²) >= 11 is 0. The summed E-state index contributed by atoms with van der Waals surface area (Å²) in [6.45, 7) is 3.27. The monoisotopic (exact) mass is 636 g/mol. The van der Waals surface area contributed by atoms with Crippen LogP contribution in [-0.4, -0.2) is 57.6 Å². The van der Waals surface area contributed by atoms with E-state index in [1.54, 1.807) is 38.1 Å². The molecule has 0 aliphatic carbocycles. The number of rotatable bonds is 16. The molecule has 4 atom stereocenters. The highest BCUT2D eigenvalue weighted by Crippen LogP contribution is 2.37. The van der Waals surface area contributed by atoms with Gasteiger partial charge < -0.3 is 42.4 Å². The van der Waals surface area contributed by atoms with Gasteiger partial charge in [-0.1, -0.05) is 44.5 Å². The molecule has 0 bridgehead atoms. The van der Waals surface area contributed by atoms with E-state index in [4.69, 9.17) is 31.7 Å². The molecule has 0 heterocycles. The van der Waals surface area contributed by atoms with E-state index in [1.807, 2.05) is 0 Å². The fourth-order valence-electron chi connectivity index (χ4n) is 3.93. The predicted octanol–water partition coefficient (Wildman–Crippen LogP) is -0.0458. The van der Waals surface area contributed by atoms with E-state index in [9.17, 15) is 28.5 Å². The van der Waals surface area contributed by atoms with Gasteiger partial charge >= 0.3 is 13.9 Å². The molecule has 0 radical (unpaired) electrons. The molecule has 0 spiro atoms. The zero-order valence-corrected chi connectivity index (χ0v) is 25.0. The summed E-state index contributed by atoms with van der Waals surface area (Å²) in [5.74, 6) is -4.09. The van der Waals surface area contributed by atoms with Crippen LogP contribution in [0.15, 0.2) is 48.5 Å². The third-order valence-corrected chi connectivity index (χ3v) is 6.82. The molecule has 0 saturated carbocycles. The van der Waals surface area contributed by atoms with E-state index in [2.05, 4.69) is 20.5 Å². The lowest BCUT2D eigenvalue weighted by Gasteiger charge is -2.27. The van der Waals surface area contributed by atoms with Gasteiger partial charge in [-0.3, -0.25) is 29.0 Å². The van der Waals surface area contributed by atoms with Crippen molar-refractivity contribution in [2.75, 3.05) is 5.73 Å². The van der Waals surface area contributed by atoms with Crippen LogP contribution >= 0.6 is 7.82 Å². The highest BCUT2D eigenvalue weighted by Gasteiger charge is 2.32. The third kappa shape index (κ3) is 12.3. The molecule has 0 saturated heterocycles. The number of anilines is 1. The summed E-state index contributed by atoms with van der Waals surface area (Å²) in [6, 6.07) is 8.05. The van der Waals surface area contributed by atoms with Crippen LogP contribution in [0.4, 0.5) is 10.5 Å². The molecule has 0 aliphatic heterocycles. The quantitative estimate of drug-likeness (QED) is 0.0893. The minimum absolute atomic E-state index is 0.133. The fourth-order valence-corrected chi connectivity index (χ4v) is 4.32. The lowest BCUT2D eigenvalue weighted by Crippen LogP contribution is -2.59. The van der Waals surface area contributed by atoms with Gasteiger partial charge in [-0.25, -0.2) is 9.36 Å². The summed E-state index contributed by atoms with van der Waals surface area (Å²) < 4.78 is 20.9. The Morgan fingerprint density at radius 1 is 0.909 bits per heavy atom. The minimum atomic E-state index is -4.80. The Balaban J connectivity index is 2.27. The Morgan fingerprint density at radius 3 is 2.11 bits per heavy atom. The maximum Gasteiger partial charge on any atom is 0.524 e. The molecule has 5 amide bonds. The predicted molar refractivity (Wildman–Crippen MR) is 157 cm³/mol. The van der Waals surface area contributed by atoms with Crippen LogP contribution in [0, 0.1) is 5.92 Å². The van der Waals surface area contributed by atoms with Crippen LogP contribution in [0.25, 0.3) is 0 Å². The van der Waals surface area contributed by atoms with Crippen molar-refractivity contribution in [2.45, 2.75) is 57.8 Å². The number of hydrogen-bond donors (Lipinski definition) is 8. The highest BCUT2D eigenvalue weighted by molar-refractivity contribution is 7.46. The Bertz CT molecular complexity index is 1380. The van der Waals surface area contributed by atoms with Gasteiger partial charge in [0.05, 0.1) is 6.42 Å². The van der Waals surface area contributed by atoms with Gasteiger partial charge in [-0.05, 0) is 41.3 Å². The first-order chi connectivity index (χ1) is 20.6. The molecule has 11 N–H and O–H groups in total. The molecule has 240 valence electrons. The largest absolute Gasteiger partial charge is 0.524 e. The van der Waals surface area contributed by atoms with E-state index in [1.165, 1.54) is 24.3 Å². The maximum absolute atomic E-state index is 13.5. The number of carbonyl (C=O) groups excluding carboxylic acids is 5. The van der Waals surface area contributed by atoms with E-state index >= 15 is 0 Å². The van der Waals surface area contributed by atoms with E-state index < -0.39 is 68.0 Å². The molecule has 2 aromatic carbocycles. The van der Waals surface area contributed by atoms with Gasteiger partial charge in [0.2, 0.25) is 23.6 Å².